The average molecular weight is 261 g/mol. The summed E-state index contributed by atoms with van der Waals surface area (Å²) in [5.41, 5.74) is 2.00. The molecule has 0 bridgehead atoms. The summed E-state index contributed by atoms with van der Waals surface area (Å²) in [5, 5.41) is 14.5. The number of hydrogen-bond acceptors (Lipinski definition) is 3. The van der Waals surface area contributed by atoms with Crippen LogP contribution in [0.2, 0.25) is 0 Å². The van der Waals surface area contributed by atoms with Crippen LogP contribution in [0.4, 0.5) is 5.69 Å². The van der Waals surface area contributed by atoms with E-state index in [-0.39, 0.29) is 6.04 Å². The lowest BCUT2D eigenvalue weighted by atomic mass is 9.75. The quantitative estimate of drug-likeness (QED) is 0.860. The summed E-state index contributed by atoms with van der Waals surface area (Å²) in [6, 6.07) is 8.61. The molecule has 104 valence electrons. The first-order valence-corrected chi connectivity index (χ1v) is 7.31. The van der Waals surface area contributed by atoms with Gasteiger partial charge < -0.3 is 15.2 Å². The molecule has 1 saturated carbocycles. The van der Waals surface area contributed by atoms with Crippen molar-refractivity contribution in [2.45, 2.75) is 56.3 Å². The molecule has 0 spiro atoms. The zero-order chi connectivity index (χ0) is 13.3. The molecule has 0 radical (unpaired) electrons. The predicted molar refractivity (Wildman–Crippen MR) is 76.4 cm³/mol. The Hall–Kier alpha value is -1.06. The Morgan fingerprint density at radius 1 is 1.21 bits per heavy atom. The average Bonchev–Trinajstić information content (AvgIpc) is 2.47. The third kappa shape index (κ3) is 2.49. The van der Waals surface area contributed by atoms with Crippen LogP contribution >= 0.6 is 0 Å². The van der Waals surface area contributed by atoms with Gasteiger partial charge in [0.05, 0.1) is 17.7 Å². The summed E-state index contributed by atoms with van der Waals surface area (Å²) in [5.74, 6) is 0. The molecule has 1 aliphatic carbocycles. The molecule has 3 rings (SSSR count). The first-order valence-electron chi connectivity index (χ1n) is 7.31. The van der Waals surface area contributed by atoms with Gasteiger partial charge in [-0.15, -0.1) is 0 Å². The van der Waals surface area contributed by atoms with Gasteiger partial charge in [0.15, 0.2) is 0 Å². The maximum atomic E-state index is 10.9. The maximum absolute atomic E-state index is 10.9. The Morgan fingerprint density at radius 2 is 1.95 bits per heavy atom. The minimum absolute atomic E-state index is 0.181. The maximum Gasteiger partial charge on any atom is 0.0849 e. The van der Waals surface area contributed by atoms with Crippen LogP contribution in [0.5, 0.6) is 0 Å². The zero-order valence-corrected chi connectivity index (χ0v) is 11.6. The van der Waals surface area contributed by atoms with Gasteiger partial charge in [0.1, 0.15) is 0 Å². The van der Waals surface area contributed by atoms with Crippen LogP contribution in [0.15, 0.2) is 24.3 Å². The molecule has 1 aromatic rings. The molecule has 1 unspecified atom stereocenters. The zero-order valence-electron chi connectivity index (χ0n) is 11.6. The molecule has 1 aliphatic heterocycles. The second-order valence-corrected chi connectivity index (χ2v) is 5.93. The lowest BCUT2D eigenvalue weighted by Crippen LogP contribution is -2.51. The van der Waals surface area contributed by atoms with Crippen LogP contribution < -0.4 is 5.32 Å². The first kappa shape index (κ1) is 12.9. The molecule has 1 fully saturated rings. The number of anilines is 1. The van der Waals surface area contributed by atoms with Crippen molar-refractivity contribution < 1.29 is 9.84 Å². The summed E-state index contributed by atoms with van der Waals surface area (Å²) in [7, 11) is 1.77. The predicted octanol–water partition coefficient (Wildman–Crippen LogP) is 2.73. The normalized spacial score (nSPS) is 34.4. The molecule has 3 heteroatoms. The summed E-state index contributed by atoms with van der Waals surface area (Å²) in [6.45, 7) is 0. The van der Waals surface area contributed by atoms with E-state index in [1.807, 2.05) is 0 Å². The van der Waals surface area contributed by atoms with E-state index >= 15 is 0 Å². The number of fused-ring (bicyclic) bond motifs is 1. The van der Waals surface area contributed by atoms with Gasteiger partial charge in [0.25, 0.3) is 0 Å². The van der Waals surface area contributed by atoms with Gasteiger partial charge in [-0.25, -0.2) is 0 Å². The molecule has 0 aromatic heterocycles. The van der Waals surface area contributed by atoms with E-state index in [1.165, 1.54) is 11.3 Å². The van der Waals surface area contributed by atoms with E-state index < -0.39 is 5.60 Å². The Kier molecular flexibility index (Phi) is 3.50. The largest absolute Gasteiger partial charge is 0.388 e. The van der Waals surface area contributed by atoms with Crippen molar-refractivity contribution >= 4 is 5.69 Å². The van der Waals surface area contributed by atoms with Crippen LogP contribution in [-0.4, -0.2) is 30.0 Å². The summed E-state index contributed by atoms with van der Waals surface area (Å²) in [6.07, 6.45) is 6.02. The van der Waals surface area contributed by atoms with E-state index in [0.29, 0.717) is 6.10 Å². The number of ether oxygens (including phenoxy) is 1. The monoisotopic (exact) mass is 261 g/mol. The molecule has 1 aromatic carbocycles. The highest BCUT2D eigenvalue weighted by Gasteiger charge is 2.41. The minimum atomic E-state index is -0.567. The Labute approximate surface area is 115 Å². The fourth-order valence-electron chi connectivity index (χ4n) is 3.52. The standard InChI is InChI=1S/C16H23NO2/c1-19-13-8-10-16(18,11-9-13)15-7-6-12-4-2-3-5-14(12)17-15/h2-5,13,15,17-18H,6-11H2,1H3. The van der Waals surface area contributed by atoms with E-state index in [4.69, 9.17) is 4.74 Å². The minimum Gasteiger partial charge on any atom is -0.388 e. The van der Waals surface area contributed by atoms with Gasteiger partial charge in [0.2, 0.25) is 0 Å². The molecule has 19 heavy (non-hydrogen) atoms. The second kappa shape index (κ2) is 5.14. The second-order valence-electron chi connectivity index (χ2n) is 5.93. The van der Waals surface area contributed by atoms with Gasteiger partial charge in [-0.1, -0.05) is 18.2 Å². The molecule has 3 nitrogen and oxygen atoms in total. The number of rotatable bonds is 2. The van der Waals surface area contributed by atoms with Crippen molar-refractivity contribution in [2.75, 3.05) is 12.4 Å². The van der Waals surface area contributed by atoms with Crippen molar-refractivity contribution in [3.8, 4) is 0 Å². The number of benzene rings is 1. The van der Waals surface area contributed by atoms with Gasteiger partial charge in [-0.3, -0.25) is 0 Å². The number of para-hydroxylation sites is 1. The summed E-state index contributed by atoms with van der Waals surface area (Å²) in [4.78, 5) is 0. The van der Waals surface area contributed by atoms with Crippen molar-refractivity contribution in [3.63, 3.8) is 0 Å². The molecular weight excluding hydrogens is 238 g/mol. The highest BCUT2D eigenvalue weighted by molar-refractivity contribution is 5.54. The van der Waals surface area contributed by atoms with Crippen LogP contribution in [-0.2, 0) is 11.2 Å². The number of nitrogens with one attached hydrogen (secondary N) is 1. The number of aliphatic hydroxyl groups is 1. The van der Waals surface area contributed by atoms with E-state index in [9.17, 15) is 5.11 Å². The smallest absolute Gasteiger partial charge is 0.0849 e. The number of methoxy groups -OCH3 is 1. The Morgan fingerprint density at radius 3 is 2.68 bits per heavy atom. The molecule has 0 amide bonds. The SMILES string of the molecule is COC1CCC(O)(C2CCc3ccccc3N2)CC1. The van der Waals surface area contributed by atoms with Crippen molar-refractivity contribution in [3.05, 3.63) is 29.8 Å². The van der Waals surface area contributed by atoms with Crippen molar-refractivity contribution in [1.82, 2.24) is 0 Å². The lowest BCUT2D eigenvalue weighted by Gasteiger charge is -2.43. The fraction of sp³-hybridized carbons (Fsp3) is 0.625. The molecule has 1 atom stereocenters. The molecule has 0 saturated heterocycles. The van der Waals surface area contributed by atoms with Gasteiger partial charge in [0, 0.05) is 12.8 Å². The molecule has 1 heterocycles. The van der Waals surface area contributed by atoms with Crippen molar-refractivity contribution in [2.24, 2.45) is 0 Å². The topological polar surface area (TPSA) is 41.5 Å². The number of aryl methyl sites for hydroxylation is 1. The first-order chi connectivity index (χ1) is 9.21. The fourth-order valence-corrected chi connectivity index (χ4v) is 3.52. The van der Waals surface area contributed by atoms with Gasteiger partial charge in [-0.2, -0.15) is 0 Å². The molecule has 2 N–H and O–H groups in total. The van der Waals surface area contributed by atoms with Gasteiger partial charge >= 0.3 is 0 Å². The lowest BCUT2D eigenvalue weighted by molar-refractivity contribution is -0.0562. The van der Waals surface area contributed by atoms with E-state index in [2.05, 4.69) is 29.6 Å². The van der Waals surface area contributed by atoms with E-state index in [1.54, 1.807) is 7.11 Å². The van der Waals surface area contributed by atoms with E-state index in [0.717, 1.165) is 38.5 Å². The highest BCUT2D eigenvalue weighted by Crippen LogP contribution is 2.38. The summed E-state index contributed by atoms with van der Waals surface area (Å²) >= 11 is 0. The highest BCUT2D eigenvalue weighted by atomic mass is 16.5. The Bertz CT molecular complexity index is 438. The summed E-state index contributed by atoms with van der Waals surface area (Å²) < 4.78 is 5.40. The van der Waals surface area contributed by atoms with Gasteiger partial charge in [-0.05, 0) is 50.2 Å². The third-order valence-corrected chi connectivity index (χ3v) is 4.83. The molecular formula is C16H23NO2. The van der Waals surface area contributed by atoms with Crippen LogP contribution in [0.1, 0.15) is 37.7 Å². The van der Waals surface area contributed by atoms with Crippen molar-refractivity contribution in [1.29, 1.82) is 0 Å². The molecule has 2 aliphatic rings. The van der Waals surface area contributed by atoms with Crippen LogP contribution in [0.25, 0.3) is 0 Å². The Balaban J connectivity index is 1.71. The van der Waals surface area contributed by atoms with Crippen LogP contribution in [0, 0.1) is 0 Å². The number of hydrogen-bond donors (Lipinski definition) is 2. The van der Waals surface area contributed by atoms with Crippen LogP contribution in [0.3, 0.4) is 0 Å². The third-order valence-electron chi connectivity index (χ3n) is 4.83.